The van der Waals surface area contributed by atoms with Crippen LogP contribution in [0.1, 0.15) is 45.7 Å². The summed E-state index contributed by atoms with van der Waals surface area (Å²) in [6.07, 6.45) is -1.60. The number of alkyl halides is 3. The highest BCUT2D eigenvalue weighted by Gasteiger charge is 2.34. The third-order valence-corrected chi connectivity index (χ3v) is 5.47. The van der Waals surface area contributed by atoms with Gasteiger partial charge >= 0.3 is 6.18 Å². The first-order valence-electron chi connectivity index (χ1n) is 11.0. The Hall–Kier alpha value is -3.25. The molecule has 1 atom stereocenters. The van der Waals surface area contributed by atoms with Crippen LogP contribution >= 0.6 is 0 Å². The molecule has 35 heavy (non-hydrogen) atoms. The molecule has 3 rings (SSSR count). The summed E-state index contributed by atoms with van der Waals surface area (Å²) in [5, 5.41) is 11.4. The number of aliphatic hydroxyl groups excluding tert-OH is 1. The number of aliphatic hydroxyl groups is 1. The van der Waals surface area contributed by atoms with Crippen molar-refractivity contribution in [3.05, 3.63) is 52.5 Å². The SMILES string of the molecule is Cc1cc(C(C)N2Cc3c(ccnc3CC(=O)NCCOCCO)C2=O)cnc1OCC(F)(F)F. The Morgan fingerprint density at radius 2 is 2.09 bits per heavy atom. The van der Waals surface area contributed by atoms with E-state index in [0.29, 0.717) is 27.9 Å². The number of pyridine rings is 2. The second-order valence-electron chi connectivity index (χ2n) is 8.05. The van der Waals surface area contributed by atoms with Crippen molar-refractivity contribution in [1.29, 1.82) is 0 Å². The Bertz CT molecular complexity index is 1060. The predicted molar refractivity (Wildman–Crippen MR) is 118 cm³/mol. The maximum Gasteiger partial charge on any atom is 0.422 e. The molecule has 0 aromatic carbocycles. The van der Waals surface area contributed by atoms with Crippen LogP contribution in [0.3, 0.4) is 0 Å². The van der Waals surface area contributed by atoms with Crippen LogP contribution in [0.25, 0.3) is 0 Å². The molecule has 0 bridgehead atoms. The summed E-state index contributed by atoms with van der Waals surface area (Å²) in [5.41, 5.74) is 2.66. The van der Waals surface area contributed by atoms with Gasteiger partial charge in [-0.05, 0) is 31.5 Å². The highest BCUT2D eigenvalue weighted by Crippen LogP contribution is 2.33. The van der Waals surface area contributed by atoms with Crippen molar-refractivity contribution in [3.63, 3.8) is 0 Å². The van der Waals surface area contributed by atoms with E-state index in [9.17, 15) is 22.8 Å². The summed E-state index contributed by atoms with van der Waals surface area (Å²) in [5.74, 6) is -0.621. The van der Waals surface area contributed by atoms with E-state index in [1.54, 1.807) is 30.9 Å². The minimum atomic E-state index is -4.47. The molecule has 1 aliphatic rings. The highest BCUT2D eigenvalue weighted by atomic mass is 19.4. The Morgan fingerprint density at radius 3 is 2.77 bits per heavy atom. The van der Waals surface area contributed by atoms with Crippen molar-refractivity contribution in [3.8, 4) is 5.88 Å². The molecule has 2 N–H and O–H groups in total. The van der Waals surface area contributed by atoms with Gasteiger partial charge in [0.15, 0.2) is 6.61 Å². The topological polar surface area (TPSA) is 114 Å². The molecule has 0 spiro atoms. The molecule has 0 saturated heterocycles. The molecule has 2 aromatic heterocycles. The number of aryl methyl sites for hydroxylation is 1. The van der Waals surface area contributed by atoms with Gasteiger partial charge in [-0.1, -0.05) is 0 Å². The standard InChI is InChI=1S/C23H27F3N4O5/c1-14-9-16(11-29-21(14)35-13-23(24,25)26)15(2)30-12-18-17(22(30)33)3-4-27-19(18)10-20(32)28-5-7-34-8-6-31/h3-4,9,11,15,31H,5-8,10,12-13H2,1-2H3,(H,28,32). The molecule has 12 heteroatoms. The minimum absolute atomic E-state index is 0.00935. The fourth-order valence-electron chi connectivity index (χ4n) is 3.71. The molecule has 0 fully saturated rings. The fraction of sp³-hybridized carbons (Fsp3) is 0.478. The summed E-state index contributed by atoms with van der Waals surface area (Å²) >= 11 is 0. The molecule has 3 heterocycles. The fourth-order valence-corrected chi connectivity index (χ4v) is 3.71. The minimum Gasteiger partial charge on any atom is -0.468 e. The van der Waals surface area contributed by atoms with Crippen LogP contribution in [0.2, 0.25) is 0 Å². The summed E-state index contributed by atoms with van der Waals surface area (Å²) < 4.78 is 47.2. The van der Waals surface area contributed by atoms with E-state index in [-0.39, 0.29) is 57.0 Å². The summed E-state index contributed by atoms with van der Waals surface area (Å²) in [6, 6.07) is 2.82. The number of amides is 2. The van der Waals surface area contributed by atoms with E-state index in [1.165, 1.54) is 12.4 Å². The largest absolute Gasteiger partial charge is 0.468 e. The number of hydrogen-bond donors (Lipinski definition) is 2. The Morgan fingerprint density at radius 1 is 1.31 bits per heavy atom. The van der Waals surface area contributed by atoms with Crippen LogP contribution in [0.4, 0.5) is 13.2 Å². The quantitative estimate of drug-likeness (QED) is 0.458. The average Bonchev–Trinajstić information content (AvgIpc) is 3.14. The summed E-state index contributed by atoms with van der Waals surface area (Å²) in [4.78, 5) is 35.3. The first-order valence-corrected chi connectivity index (χ1v) is 11.0. The molecule has 9 nitrogen and oxygen atoms in total. The molecule has 0 aliphatic carbocycles. The predicted octanol–water partition coefficient (Wildman–Crippen LogP) is 2.11. The first kappa shape index (κ1) is 26.4. The number of carbonyl (C=O) groups is 2. The molecule has 1 aliphatic heterocycles. The first-order chi connectivity index (χ1) is 16.6. The van der Waals surface area contributed by atoms with Gasteiger partial charge in [-0.3, -0.25) is 14.6 Å². The van der Waals surface area contributed by atoms with Gasteiger partial charge in [0.25, 0.3) is 5.91 Å². The van der Waals surface area contributed by atoms with Gasteiger partial charge in [0.1, 0.15) is 0 Å². The van der Waals surface area contributed by atoms with Crippen LogP contribution in [0.15, 0.2) is 24.5 Å². The van der Waals surface area contributed by atoms with Gasteiger partial charge < -0.3 is 24.8 Å². The lowest BCUT2D eigenvalue weighted by Crippen LogP contribution is -2.29. The van der Waals surface area contributed by atoms with Gasteiger partial charge in [-0.2, -0.15) is 13.2 Å². The number of carbonyl (C=O) groups excluding carboxylic acids is 2. The van der Waals surface area contributed by atoms with Crippen molar-refractivity contribution in [2.24, 2.45) is 0 Å². The average molecular weight is 496 g/mol. The van der Waals surface area contributed by atoms with E-state index in [4.69, 9.17) is 14.6 Å². The third kappa shape index (κ3) is 6.89. The van der Waals surface area contributed by atoms with Gasteiger partial charge in [0, 0.05) is 42.2 Å². The van der Waals surface area contributed by atoms with Gasteiger partial charge in [-0.25, -0.2) is 4.98 Å². The second kappa shape index (κ2) is 11.5. The van der Waals surface area contributed by atoms with Crippen molar-refractivity contribution in [1.82, 2.24) is 20.2 Å². The summed E-state index contributed by atoms with van der Waals surface area (Å²) in [6.45, 7) is 2.83. The lowest BCUT2D eigenvalue weighted by molar-refractivity contribution is -0.154. The van der Waals surface area contributed by atoms with Crippen LogP contribution in [0, 0.1) is 6.92 Å². The zero-order valence-electron chi connectivity index (χ0n) is 19.4. The van der Waals surface area contributed by atoms with E-state index in [2.05, 4.69) is 15.3 Å². The van der Waals surface area contributed by atoms with Crippen molar-refractivity contribution in [2.75, 3.05) is 33.0 Å². The van der Waals surface area contributed by atoms with Gasteiger partial charge in [-0.15, -0.1) is 0 Å². The summed E-state index contributed by atoms with van der Waals surface area (Å²) in [7, 11) is 0. The van der Waals surface area contributed by atoms with E-state index in [1.807, 2.05) is 0 Å². The monoisotopic (exact) mass is 496 g/mol. The molecule has 190 valence electrons. The van der Waals surface area contributed by atoms with E-state index in [0.717, 1.165) is 0 Å². The Labute approximate surface area is 200 Å². The molecule has 1 unspecified atom stereocenters. The molecule has 2 aromatic rings. The van der Waals surface area contributed by atoms with Gasteiger partial charge in [0.05, 0.1) is 38.0 Å². The third-order valence-electron chi connectivity index (χ3n) is 5.47. The Kier molecular flexibility index (Phi) is 8.62. The molecule has 2 amide bonds. The highest BCUT2D eigenvalue weighted by molar-refractivity contribution is 5.99. The van der Waals surface area contributed by atoms with E-state index >= 15 is 0 Å². The van der Waals surface area contributed by atoms with E-state index < -0.39 is 18.8 Å². The van der Waals surface area contributed by atoms with Crippen LogP contribution in [0.5, 0.6) is 5.88 Å². The van der Waals surface area contributed by atoms with Gasteiger partial charge in [0.2, 0.25) is 11.8 Å². The molecular formula is C23H27F3N4O5. The second-order valence-corrected chi connectivity index (χ2v) is 8.05. The van der Waals surface area contributed by atoms with Crippen molar-refractivity contribution < 1.29 is 37.3 Å². The zero-order chi connectivity index (χ0) is 25.6. The number of rotatable bonds is 11. The molecule has 0 radical (unpaired) electrons. The maximum absolute atomic E-state index is 13.1. The maximum atomic E-state index is 13.1. The number of ether oxygens (including phenoxy) is 2. The molecule has 0 saturated carbocycles. The normalized spacial score (nSPS) is 14.1. The number of hydrogen-bond acceptors (Lipinski definition) is 7. The number of halogens is 3. The lowest BCUT2D eigenvalue weighted by Gasteiger charge is -2.25. The van der Waals surface area contributed by atoms with Crippen molar-refractivity contribution >= 4 is 11.8 Å². The van der Waals surface area contributed by atoms with Crippen LogP contribution in [-0.2, 0) is 22.5 Å². The number of aromatic nitrogens is 2. The zero-order valence-corrected chi connectivity index (χ0v) is 19.4. The lowest BCUT2D eigenvalue weighted by atomic mass is 10.1. The van der Waals surface area contributed by atoms with Crippen LogP contribution in [-0.4, -0.2) is 70.9 Å². The number of fused-ring (bicyclic) bond motifs is 1. The number of nitrogens with zero attached hydrogens (tertiary/aromatic N) is 3. The Balaban J connectivity index is 1.67. The smallest absolute Gasteiger partial charge is 0.422 e. The number of nitrogens with one attached hydrogen (secondary N) is 1. The molecular weight excluding hydrogens is 469 g/mol. The van der Waals surface area contributed by atoms with Crippen LogP contribution < -0.4 is 10.1 Å². The van der Waals surface area contributed by atoms with Crippen molar-refractivity contribution in [2.45, 2.75) is 39.0 Å².